The zero-order valence-corrected chi connectivity index (χ0v) is 18.9. The lowest BCUT2D eigenvalue weighted by atomic mass is 10.1. The second-order valence-electron chi connectivity index (χ2n) is 8.53. The van der Waals surface area contributed by atoms with Gasteiger partial charge in [0.15, 0.2) is 0 Å². The average Bonchev–Trinajstić information content (AvgIpc) is 2.83. The molecule has 0 aromatic heterocycles. The van der Waals surface area contributed by atoms with Gasteiger partial charge in [-0.1, -0.05) is 29.8 Å². The van der Waals surface area contributed by atoms with Crippen LogP contribution in [0.3, 0.4) is 0 Å². The molecule has 0 saturated carbocycles. The zero-order valence-electron chi connectivity index (χ0n) is 18.9. The summed E-state index contributed by atoms with van der Waals surface area (Å²) < 4.78 is 5.23. The van der Waals surface area contributed by atoms with Crippen LogP contribution in [0.4, 0.5) is 5.69 Å². The number of ether oxygens (including phenoxy) is 1. The van der Waals surface area contributed by atoms with Gasteiger partial charge < -0.3 is 19.9 Å². The van der Waals surface area contributed by atoms with Crippen LogP contribution in [0.25, 0.3) is 0 Å². The van der Waals surface area contributed by atoms with Crippen molar-refractivity contribution in [2.24, 2.45) is 0 Å². The van der Waals surface area contributed by atoms with Gasteiger partial charge in [0.25, 0.3) is 0 Å². The van der Waals surface area contributed by atoms with Crippen LogP contribution in [0.2, 0.25) is 0 Å². The Kier molecular flexibility index (Phi) is 6.95. The van der Waals surface area contributed by atoms with Crippen LogP contribution in [0.15, 0.2) is 48.5 Å². The molecule has 2 aliphatic heterocycles. The third-order valence-electron chi connectivity index (χ3n) is 6.39. The first-order valence-corrected chi connectivity index (χ1v) is 11.3. The molecule has 170 valence electrons. The Hall–Kier alpha value is -3.06. The average molecular weight is 437 g/mol. The second-order valence-corrected chi connectivity index (χ2v) is 8.53. The first kappa shape index (κ1) is 22.1. The Balaban J connectivity index is 1.34. The van der Waals surface area contributed by atoms with E-state index < -0.39 is 6.04 Å². The van der Waals surface area contributed by atoms with E-state index >= 15 is 0 Å². The summed E-state index contributed by atoms with van der Waals surface area (Å²) in [5.74, 6) is 0.840. The molecule has 32 heavy (non-hydrogen) atoms. The van der Waals surface area contributed by atoms with E-state index in [9.17, 15) is 9.59 Å². The molecule has 0 unspecified atom stereocenters. The topological polar surface area (TPSA) is 65.1 Å². The summed E-state index contributed by atoms with van der Waals surface area (Å²) in [6, 6.07) is 15.9. The van der Waals surface area contributed by atoms with Crippen molar-refractivity contribution < 1.29 is 14.3 Å². The van der Waals surface area contributed by atoms with E-state index in [1.807, 2.05) is 29.2 Å². The highest BCUT2D eigenvalue weighted by Crippen LogP contribution is 2.21. The van der Waals surface area contributed by atoms with Gasteiger partial charge in [0.05, 0.1) is 19.6 Å². The van der Waals surface area contributed by atoms with E-state index in [0.29, 0.717) is 26.2 Å². The van der Waals surface area contributed by atoms with Crippen molar-refractivity contribution in [2.75, 3.05) is 51.3 Å². The number of aryl methyl sites for hydroxylation is 1. The number of piperazine rings is 2. The van der Waals surface area contributed by atoms with Gasteiger partial charge in [0, 0.05) is 51.5 Å². The van der Waals surface area contributed by atoms with Crippen LogP contribution in [0, 0.1) is 6.92 Å². The summed E-state index contributed by atoms with van der Waals surface area (Å²) >= 11 is 0. The smallest absolute Gasteiger partial charge is 0.237 e. The van der Waals surface area contributed by atoms with Gasteiger partial charge in [-0.05, 0) is 36.8 Å². The SMILES string of the molecule is COc1ccc(N2CCN(C(=O)C[C@H]3C(=O)NCCN3Cc3ccc(C)cc3)CC2)cc1. The number of anilines is 1. The molecule has 2 aliphatic rings. The number of carbonyl (C=O) groups excluding carboxylic acids is 2. The van der Waals surface area contributed by atoms with E-state index in [2.05, 4.69) is 46.3 Å². The third-order valence-corrected chi connectivity index (χ3v) is 6.39. The number of rotatable bonds is 6. The van der Waals surface area contributed by atoms with E-state index in [-0.39, 0.29) is 18.2 Å². The van der Waals surface area contributed by atoms with Crippen LogP contribution in [-0.4, -0.2) is 74.0 Å². The quantitative estimate of drug-likeness (QED) is 0.751. The fourth-order valence-electron chi connectivity index (χ4n) is 4.40. The summed E-state index contributed by atoms with van der Waals surface area (Å²) in [5.41, 5.74) is 3.51. The van der Waals surface area contributed by atoms with Crippen molar-refractivity contribution in [2.45, 2.75) is 25.9 Å². The van der Waals surface area contributed by atoms with Crippen molar-refractivity contribution >= 4 is 17.5 Å². The predicted molar refractivity (Wildman–Crippen MR) is 125 cm³/mol. The minimum Gasteiger partial charge on any atom is -0.497 e. The summed E-state index contributed by atoms with van der Waals surface area (Å²) in [5, 5.41) is 2.93. The molecule has 2 amide bonds. The maximum absolute atomic E-state index is 13.1. The second kappa shape index (κ2) is 10.0. The molecular formula is C25H32N4O3. The summed E-state index contributed by atoms with van der Waals surface area (Å²) in [4.78, 5) is 32.0. The molecule has 7 nitrogen and oxygen atoms in total. The monoisotopic (exact) mass is 436 g/mol. The van der Waals surface area contributed by atoms with Crippen LogP contribution < -0.4 is 15.0 Å². The number of hydrogen-bond donors (Lipinski definition) is 1. The van der Waals surface area contributed by atoms with Crippen molar-refractivity contribution in [3.63, 3.8) is 0 Å². The van der Waals surface area contributed by atoms with E-state index in [1.165, 1.54) is 5.56 Å². The molecule has 2 fully saturated rings. The van der Waals surface area contributed by atoms with Crippen molar-refractivity contribution in [3.05, 3.63) is 59.7 Å². The molecule has 0 aliphatic carbocycles. The van der Waals surface area contributed by atoms with Gasteiger partial charge in [0.2, 0.25) is 11.8 Å². The molecule has 4 rings (SSSR count). The van der Waals surface area contributed by atoms with Crippen LogP contribution in [0.5, 0.6) is 5.75 Å². The molecule has 2 aromatic rings. The number of methoxy groups -OCH3 is 1. The van der Waals surface area contributed by atoms with Crippen LogP contribution >= 0.6 is 0 Å². The number of nitrogens with zero attached hydrogens (tertiary/aromatic N) is 3. The van der Waals surface area contributed by atoms with E-state index in [0.717, 1.165) is 36.6 Å². The van der Waals surface area contributed by atoms with Crippen molar-refractivity contribution in [1.29, 1.82) is 0 Å². The molecular weight excluding hydrogens is 404 g/mol. The molecule has 7 heteroatoms. The maximum atomic E-state index is 13.1. The van der Waals surface area contributed by atoms with Crippen molar-refractivity contribution in [3.8, 4) is 5.75 Å². The maximum Gasteiger partial charge on any atom is 0.237 e. The van der Waals surface area contributed by atoms with Crippen LogP contribution in [-0.2, 0) is 16.1 Å². The Bertz CT molecular complexity index is 921. The summed E-state index contributed by atoms with van der Waals surface area (Å²) in [6.07, 6.45) is 0.222. The number of amides is 2. The first-order valence-electron chi connectivity index (χ1n) is 11.3. The molecule has 2 saturated heterocycles. The van der Waals surface area contributed by atoms with Gasteiger partial charge in [0.1, 0.15) is 5.75 Å². The van der Waals surface area contributed by atoms with Crippen molar-refractivity contribution in [1.82, 2.24) is 15.1 Å². The zero-order chi connectivity index (χ0) is 22.5. The molecule has 0 spiro atoms. The number of carbonyl (C=O) groups is 2. The van der Waals surface area contributed by atoms with Gasteiger partial charge >= 0.3 is 0 Å². The molecule has 0 radical (unpaired) electrons. The predicted octanol–water partition coefficient (Wildman–Crippen LogP) is 2.04. The lowest BCUT2D eigenvalue weighted by Crippen LogP contribution is -2.57. The van der Waals surface area contributed by atoms with Gasteiger partial charge in [-0.2, -0.15) is 0 Å². The first-order chi connectivity index (χ1) is 15.5. The number of benzene rings is 2. The van der Waals surface area contributed by atoms with E-state index in [1.54, 1.807) is 7.11 Å². The van der Waals surface area contributed by atoms with Gasteiger partial charge in [-0.25, -0.2) is 0 Å². The van der Waals surface area contributed by atoms with E-state index in [4.69, 9.17) is 4.74 Å². The van der Waals surface area contributed by atoms with Gasteiger partial charge in [-0.15, -0.1) is 0 Å². The molecule has 1 N–H and O–H groups in total. The van der Waals surface area contributed by atoms with Gasteiger partial charge in [-0.3, -0.25) is 14.5 Å². The highest BCUT2D eigenvalue weighted by atomic mass is 16.5. The number of hydrogen-bond acceptors (Lipinski definition) is 5. The summed E-state index contributed by atoms with van der Waals surface area (Å²) in [6.45, 7) is 7.00. The molecule has 0 bridgehead atoms. The summed E-state index contributed by atoms with van der Waals surface area (Å²) in [7, 11) is 1.66. The molecule has 2 heterocycles. The Morgan fingerprint density at radius 3 is 2.34 bits per heavy atom. The largest absolute Gasteiger partial charge is 0.497 e. The molecule has 1 atom stereocenters. The highest BCUT2D eigenvalue weighted by Gasteiger charge is 2.33. The van der Waals surface area contributed by atoms with Crippen LogP contribution in [0.1, 0.15) is 17.5 Å². The standard InChI is InChI=1S/C25H32N4O3/c1-19-3-5-20(6-4-19)18-29-12-11-26-25(31)23(29)17-24(30)28-15-13-27(14-16-28)21-7-9-22(32-2)10-8-21/h3-10,23H,11-18H2,1-2H3,(H,26,31)/t23-/m0/s1. The Morgan fingerprint density at radius 1 is 1.00 bits per heavy atom. The fourth-order valence-corrected chi connectivity index (χ4v) is 4.40. The molecule has 2 aromatic carbocycles. The Labute approximate surface area is 189 Å². The highest BCUT2D eigenvalue weighted by molar-refractivity contribution is 5.89. The number of nitrogens with one attached hydrogen (secondary N) is 1. The third kappa shape index (κ3) is 5.22. The normalized spacial score (nSPS) is 19.6. The fraction of sp³-hybridized carbons (Fsp3) is 0.440. The lowest BCUT2D eigenvalue weighted by Gasteiger charge is -2.39. The minimum absolute atomic E-state index is 0.0476. The Morgan fingerprint density at radius 2 is 1.69 bits per heavy atom. The lowest BCUT2D eigenvalue weighted by molar-refractivity contribution is -0.139. The minimum atomic E-state index is -0.419.